The topological polar surface area (TPSA) is 56.2 Å². The second-order valence-corrected chi connectivity index (χ2v) is 6.06. The molecule has 4 nitrogen and oxygen atoms in total. The lowest BCUT2D eigenvalue weighted by atomic mass is 10.1. The van der Waals surface area contributed by atoms with Crippen LogP contribution in [-0.2, 0) is 0 Å². The van der Waals surface area contributed by atoms with Crippen molar-refractivity contribution < 1.29 is 0 Å². The minimum atomic E-state index is 0.563. The van der Waals surface area contributed by atoms with E-state index in [1.807, 2.05) is 49.4 Å². The first kappa shape index (κ1) is 14.7. The lowest BCUT2D eigenvalue weighted by Gasteiger charge is -2.08. The van der Waals surface area contributed by atoms with Gasteiger partial charge in [0.15, 0.2) is 5.65 Å². The molecule has 0 aliphatic heterocycles. The Bertz CT molecular complexity index is 1020. The van der Waals surface area contributed by atoms with Crippen LogP contribution in [0.4, 0.5) is 5.82 Å². The van der Waals surface area contributed by atoms with E-state index in [0.717, 1.165) is 33.6 Å². The van der Waals surface area contributed by atoms with Crippen molar-refractivity contribution in [3.05, 3.63) is 71.5 Å². The fraction of sp³-hybridized carbons (Fsp3) is 0.0526. The van der Waals surface area contributed by atoms with Gasteiger partial charge in [0.2, 0.25) is 0 Å². The van der Waals surface area contributed by atoms with E-state index in [1.54, 1.807) is 10.7 Å². The largest absolute Gasteiger partial charge is 0.383 e. The Labute approximate surface area is 144 Å². The normalized spacial score (nSPS) is 11.1. The standard InChI is InChI=1S/C19H15ClN4/c1-12-17(14-5-3-2-4-6-14)19-22-11-16(18(21)24(19)23-12)13-7-9-15(20)10-8-13/h2-11H,21H2,1H3. The van der Waals surface area contributed by atoms with Crippen molar-refractivity contribution in [2.45, 2.75) is 6.92 Å². The van der Waals surface area contributed by atoms with E-state index in [1.165, 1.54) is 0 Å². The van der Waals surface area contributed by atoms with Gasteiger partial charge in [-0.15, -0.1) is 0 Å². The molecule has 5 heteroatoms. The number of benzene rings is 2. The molecular formula is C19H15ClN4. The van der Waals surface area contributed by atoms with Crippen LogP contribution in [0.2, 0.25) is 5.02 Å². The maximum Gasteiger partial charge on any atom is 0.165 e. The number of hydrogen-bond donors (Lipinski definition) is 1. The smallest absolute Gasteiger partial charge is 0.165 e. The van der Waals surface area contributed by atoms with Crippen molar-refractivity contribution in [3.8, 4) is 22.3 Å². The van der Waals surface area contributed by atoms with Gasteiger partial charge in [-0.25, -0.2) is 4.98 Å². The Balaban J connectivity index is 1.94. The zero-order valence-corrected chi connectivity index (χ0v) is 13.8. The van der Waals surface area contributed by atoms with Gasteiger partial charge in [-0.1, -0.05) is 54.1 Å². The SMILES string of the molecule is Cc1nn2c(N)c(-c3ccc(Cl)cc3)cnc2c1-c1ccccc1. The number of hydrogen-bond acceptors (Lipinski definition) is 3. The molecule has 0 aliphatic carbocycles. The third-order valence-corrected chi connectivity index (χ3v) is 4.33. The number of aryl methyl sites for hydroxylation is 1. The number of nitrogen functional groups attached to an aromatic ring is 1. The number of halogens is 1. The second kappa shape index (κ2) is 5.65. The second-order valence-electron chi connectivity index (χ2n) is 5.63. The summed E-state index contributed by atoms with van der Waals surface area (Å²) in [5, 5.41) is 5.28. The Morgan fingerprint density at radius 2 is 1.67 bits per heavy atom. The first-order chi connectivity index (χ1) is 11.6. The van der Waals surface area contributed by atoms with Crippen molar-refractivity contribution in [3.63, 3.8) is 0 Å². The van der Waals surface area contributed by atoms with Gasteiger partial charge in [0.1, 0.15) is 5.82 Å². The Hall–Kier alpha value is -2.85. The van der Waals surface area contributed by atoms with Crippen LogP contribution < -0.4 is 5.73 Å². The molecule has 0 unspecified atom stereocenters. The highest BCUT2D eigenvalue weighted by Crippen LogP contribution is 2.32. The van der Waals surface area contributed by atoms with E-state index in [2.05, 4.69) is 22.2 Å². The van der Waals surface area contributed by atoms with Crippen molar-refractivity contribution in [1.82, 2.24) is 14.6 Å². The summed E-state index contributed by atoms with van der Waals surface area (Å²) in [6, 6.07) is 17.6. The van der Waals surface area contributed by atoms with Gasteiger partial charge in [-0.3, -0.25) is 0 Å². The quantitative estimate of drug-likeness (QED) is 0.582. The van der Waals surface area contributed by atoms with Gasteiger partial charge < -0.3 is 5.73 Å². The van der Waals surface area contributed by atoms with E-state index in [0.29, 0.717) is 10.8 Å². The van der Waals surface area contributed by atoms with Crippen LogP contribution in [0.1, 0.15) is 5.69 Å². The number of anilines is 1. The summed E-state index contributed by atoms with van der Waals surface area (Å²) in [5.74, 6) is 0.563. The summed E-state index contributed by atoms with van der Waals surface area (Å²) in [6.45, 7) is 1.97. The highest BCUT2D eigenvalue weighted by molar-refractivity contribution is 6.30. The lowest BCUT2D eigenvalue weighted by Crippen LogP contribution is -2.02. The molecule has 2 heterocycles. The molecule has 4 aromatic rings. The third kappa shape index (κ3) is 2.32. The van der Waals surface area contributed by atoms with Crippen molar-refractivity contribution >= 4 is 23.1 Å². The Morgan fingerprint density at radius 1 is 0.958 bits per heavy atom. The number of nitrogens with two attached hydrogens (primary N) is 1. The molecule has 0 amide bonds. The highest BCUT2D eigenvalue weighted by Gasteiger charge is 2.16. The average Bonchev–Trinajstić information content (AvgIpc) is 2.94. The molecule has 0 saturated carbocycles. The molecule has 0 fully saturated rings. The van der Waals surface area contributed by atoms with Crippen LogP contribution in [-0.4, -0.2) is 14.6 Å². The molecule has 2 aromatic heterocycles. The van der Waals surface area contributed by atoms with E-state index in [-0.39, 0.29) is 0 Å². The van der Waals surface area contributed by atoms with Gasteiger partial charge >= 0.3 is 0 Å². The first-order valence-electron chi connectivity index (χ1n) is 7.60. The molecule has 0 aliphatic rings. The summed E-state index contributed by atoms with van der Waals surface area (Å²) in [5.41, 5.74) is 11.9. The maximum absolute atomic E-state index is 6.38. The first-order valence-corrected chi connectivity index (χ1v) is 7.98. The summed E-state index contributed by atoms with van der Waals surface area (Å²) in [6.07, 6.45) is 1.79. The summed E-state index contributed by atoms with van der Waals surface area (Å²) < 4.78 is 1.71. The molecule has 24 heavy (non-hydrogen) atoms. The third-order valence-electron chi connectivity index (χ3n) is 4.07. The predicted molar refractivity (Wildman–Crippen MR) is 98.0 cm³/mol. The Kier molecular flexibility index (Phi) is 3.47. The highest BCUT2D eigenvalue weighted by atomic mass is 35.5. The predicted octanol–water partition coefficient (Wildman–Crippen LogP) is 4.61. The fourth-order valence-corrected chi connectivity index (χ4v) is 3.03. The maximum atomic E-state index is 6.38. The molecule has 4 rings (SSSR count). The molecule has 0 bridgehead atoms. The van der Waals surface area contributed by atoms with Crippen LogP contribution in [0, 0.1) is 6.92 Å². The molecule has 118 valence electrons. The average molecular weight is 335 g/mol. The Morgan fingerprint density at radius 3 is 2.38 bits per heavy atom. The van der Waals surface area contributed by atoms with Crippen molar-refractivity contribution in [2.75, 3.05) is 5.73 Å². The van der Waals surface area contributed by atoms with Gasteiger partial charge in [-0.05, 0) is 30.2 Å². The molecule has 2 N–H and O–H groups in total. The molecule has 0 atom stereocenters. The summed E-state index contributed by atoms with van der Waals surface area (Å²) in [7, 11) is 0. The van der Waals surface area contributed by atoms with E-state index in [9.17, 15) is 0 Å². The van der Waals surface area contributed by atoms with Crippen LogP contribution in [0.3, 0.4) is 0 Å². The fourth-order valence-electron chi connectivity index (χ4n) is 2.90. The van der Waals surface area contributed by atoms with Gasteiger partial charge in [0, 0.05) is 22.3 Å². The molecule has 0 spiro atoms. The van der Waals surface area contributed by atoms with Gasteiger partial charge in [0.05, 0.1) is 5.69 Å². The number of fused-ring (bicyclic) bond motifs is 1. The van der Waals surface area contributed by atoms with Crippen molar-refractivity contribution in [1.29, 1.82) is 0 Å². The van der Waals surface area contributed by atoms with Crippen LogP contribution >= 0.6 is 11.6 Å². The zero-order chi connectivity index (χ0) is 16.7. The summed E-state index contributed by atoms with van der Waals surface area (Å²) >= 11 is 5.96. The van der Waals surface area contributed by atoms with Crippen LogP contribution in [0.5, 0.6) is 0 Å². The minimum absolute atomic E-state index is 0.563. The lowest BCUT2D eigenvalue weighted by molar-refractivity contribution is 0.930. The zero-order valence-electron chi connectivity index (χ0n) is 13.1. The molecule has 0 saturated heterocycles. The van der Waals surface area contributed by atoms with E-state index < -0.39 is 0 Å². The molecule has 0 radical (unpaired) electrons. The number of aromatic nitrogens is 3. The molecule has 2 aromatic carbocycles. The van der Waals surface area contributed by atoms with E-state index in [4.69, 9.17) is 17.3 Å². The number of rotatable bonds is 2. The monoisotopic (exact) mass is 334 g/mol. The van der Waals surface area contributed by atoms with Crippen LogP contribution in [0.25, 0.3) is 27.9 Å². The minimum Gasteiger partial charge on any atom is -0.383 e. The number of nitrogens with zero attached hydrogens (tertiary/aromatic N) is 3. The van der Waals surface area contributed by atoms with Gasteiger partial charge in [0.25, 0.3) is 0 Å². The molecular weight excluding hydrogens is 320 g/mol. The van der Waals surface area contributed by atoms with Crippen LogP contribution in [0.15, 0.2) is 60.8 Å². The van der Waals surface area contributed by atoms with E-state index >= 15 is 0 Å². The summed E-state index contributed by atoms with van der Waals surface area (Å²) in [4.78, 5) is 4.63. The van der Waals surface area contributed by atoms with Crippen molar-refractivity contribution in [2.24, 2.45) is 0 Å². The van der Waals surface area contributed by atoms with Gasteiger partial charge in [-0.2, -0.15) is 9.61 Å².